The van der Waals surface area contributed by atoms with E-state index < -0.39 is 0 Å². The van der Waals surface area contributed by atoms with E-state index >= 15 is 0 Å². The summed E-state index contributed by atoms with van der Waals surface area (Å²) >= 11 is 0. The van der Waals surface area contributed by atoms with Gasteiger partial charge in [0, 0.05) is 39.9 Å². The van der Waals surface area contributed by atoms with Crippen molar-refractivity contribution in [2.24, 2.45) is 12.0 Å². The fourth-order valence-corrected chi connectivity index (χ4v) is 2.28. The van der Waals surface area contributed by atoms with Gasteiger partial charge < -0.3 is 15.5 Å². The summed E-state index contributed by atoms with van der Waals surface area (Å²) in [5.41, 5.74) is 3.60. The van der Waals surface area contributed by atoms with Gasteiger partial charge in [0.1, 0.15) is 6.54 Å². The molecule has 1 heterocycles. The van der Waals surface area contributed by atoms with Crippen molar-refractivity contribution in [3.8, 4) is 0 Å². The maximum absolute atomic E-state index is 11.6. The van der Waals surface area contributed by atoms with Crippen LogP contribution < -0.4 is 10.6 Å². The predicted octanol–water partition coefficient (Wildman–Crippen LogP) is 1.40. The Labute approximate surface area is 168 Å². The number of likely N-dealkylation sites (N-methyl/N-ethyl adjacent to an activating group) is 1. The summed E-state index contributed by atoms with van der Waals surface area (Å²) in [5, 5.41) is 10.8. The first-order valence-electron chi connectivity index (χ1n) is 8.19. The van der Waals surface area contributed by atoms with Crippen molar-refractivity contribution in [1.82, 2.24) is 25.3 Å². The van der Waals surface area contributed by atoms with Crippen molar-refractivity contribution >= 4 is 35.8 Å². The largest absolute Gasteiger partial charge is 0.356 e. The Morgan fingerprint density at radius 3 is 2.56 bits per heavy atom. The first kappa shape index (κ1) is 23.4. The lowest BCUT2D eigenvalue weighted by molar-refractivity contribution is -0.127. The standard InChI is InChI=1S/C17H30N6O.HI/c1-7-10-18-17(20-12-16(24)22(4)5)19-11-8-9-15-13(2)21-23(6)14(15)3;/h7H,1,8-12H2,2-6H3,(H2,18,19,20);1H. The molecule has 0 aromatic carbocycles. The highest BCUT2D eigenvalue weighted by molar-refractivity contribution is 14.0. The Hall–Kier alpha value is -1.58. The molecule has 2 N–H and O–H groups in total. The molecule has 142 valence electrons. The SMILES string of the molecule is C=CCNC(=NCC(=O)N(C)C)NCCCc1c(C)nn(C)c1C.I. The highest BCUT2D eigenvalue weighted by atomic mass is 127. The first-order chi connectivity index (χ1) is 11.4. The average Bonchev–Trinajstić information content (AvgIpc) is 2.78. The minimum atomic E-state index is -0.0312. The van der Waals surface area contributed by atoms with E-state index in [0.717, 1.165) is 25.1 Å². The lowest BCUT2D eigenvalue weighted by Crippen LogP contribution is -2.39. The molecule has 25 heavy (non-hydrogen) atoms. The Kier molecular flexibility index (Phi) is 11.1. The zero-order valence-corrected chi connectivity index (χ0v) is 18.3. The second kappa shape index (κ2) is 11.9. The van der Waals surface area contributed by atoms with E-state index in [1.165, 1.54) is 16.2 Å². The second-order valence-corrected chi connectivity index (χ2v) is 5.93. The Balaban J connectivity index is 0.00000576. The molecule has 1 rings (SSSR count). The average molecular weight is 462 g/mol. The van der Waals surface area contributed by atoms with Crippen molar-refractivity contribution in [2.45, 2.75) is 26.7 Å². The van der Waals surface area contributed by atoms with Crippen LogP contribution in [0.5, 0.6) is 0 Å². The van der Waals surface area contributed by atoms with Crippen LogP contribution in [0.1, 0.15) is 23.4 Å². The smallest absolute Gasteiger partial charge is 0.243 e. The summed E-state index contributed by atoms with van der Waals surface area (Å²) in [4.78, 5) is 17.5. The van der Waals surface area contributed by atoms with Crippen LogP contribution in [0.3, 0.4) is 0 Å². The van der Waals surface area contributed by atoms with Crippen LogP contribution >= 0.6 is 24.0 Å². The first-order valence-corrected chi connectivity index (χ1v) is 8.19. The fraction of sp³-hybridized carbons (Fsp3) is 0.588. The third-order valence-corrected chi connectivity index (χ3v) is 3.84. The van der Waals surface area contributed by atoms with Gasteiger partial charge in [-0.05, 0) is 32.3 Å². The van der Waals surface area contributed by atoms with Crippen LogP contribution in [0.2, 0.25) is 0 Å². The number of amides is 1. The topological polar surface area (TPSA) is 74.6 Å². The van der Waals surface area contributed by atoms with Gasteiger partial charge in [-0.25, -0.2) is 4.99 Å². The lowest BCUT2D eigenvalue weighted by Gasteiger charge is -2.13. The van der Waals surface area contributed by atoms with Gasteiger partial charge in [-0.15, -0.1) is 30.6 Å². The van der Waals surface area contributed by atoms with Crippen LogP contribution in [0.4, 0.5) is 0 Å². The summed E-state index contributed by atoms with van der Waals surface area (Å²) in [6.45, 7) is 9.31. The number of hydrogen-bond acceptors (Lipinski definition) is 3. The molecule has 0 unspecified atom stereocenters. The maximum atomic E-state index is 11.6. The van der Waals surface area contributed by atoms with E-state index in [2.05, 4.69) is 34.2 Å². The van der Waals surface area contributed by atoms with Gasteiger partial charge in [-0.2, -0.15) is 5.10 Å². The second-order valence-electron chi connectivity index (χ2n) is 5.93. The molecule has 1 amide bonds. The monoisotopic (exact) mass is 462 g/mol. The number of carbonyl (C=O) groups is 1. The molecule has 0 aliphatic carbocycles. The number of hydrogen-bond donors (Lipinski definition) is 2. The van der Waals surface area contributed by atoms with Crippen LogP contribution in [0, 0.1) is 13.8 Å². The molecular formula is C17H31IN6O. The number of aromatic nitrogens is 2. The lowest BCUT2D eigenvalue weighted by atomic mass is 10.1. The van der Waals surface area contributed by atoms with Gasteiger partial charge >= 0.3 is 0 Å². The Bertz CT molecular complexity index is 594. The highest BCUT2D eigenvalue weighted by Gasteiger charge is 2.09. The molecule has 0 aliphatic rings. The van der Waals surface area contributed by atoms with Crippen molar-refractivity contribution in [3.05, 3.63) is 29.6 Å². The molecule has 1 aromatic heterocycles. The molecule has 0 radical (unpaired) electrons. The minimum Gasteiger partial charge on any atom is -0.356 e. The number of aryl methyl sites for hydroxylation is 2. The number of halogens is 1. The number of aliphatic imine (C=N–C) groups is 1. The Morgan fingerprint density at radius 2 is 2.04 bits per heavy atom. The van der Waals surface area contributed by atoms with Crippen LogP contribution in [-0.4, -0.2) is 60.3 Å². The van der Waals surface area contributed by atoms with Gasteiger partial charge in [0.2, 0.25) is 5.91 Å². The summed E-state index contributed by atoms with van der Waals surface area (Å²) in [6, 6.07) is 0. The fourth-order valence-electron chi connectivity index (χ4n) is 2.28. The predicted molar refractivity (Wildman–Crippen MR) is 114 cm³/mol. The molecule has 8 heteroatoms. The van der Waals surface area contributed by atoms with Crippen LogP contribution in [0.25, 0.3) is 0 Å². The molecule has 7 nitrogen and oxygen atoms in total. The number of nitrogens with zero attached hydrogens (tertiary/aromatic N) is 4. The van der Waals surface area contributed by atoms with Gasteiger partial charge in [-0.3, -0.25) is 9.48 Å². The van der Waals surface area contributed by atoms with E-state index in [9.17, 15) is 4.79 Å². The molecule has 0 aliphatic heterocycles. The summed E-state index contributed by atoms with van der Waals surface area (Å²) in [6.07, 6.45) is 3.68. The minimum absolute atomic E-state index is 0. The summed E-state index contributed by atoms with van der Waals surface area (Å²) < 4.78 is 1.92. The number of rotatable bonds is 8. The van der Waals surface area contributed by atoms with E-state index in [1.807, 2.05) is 18.7 Å². The molecule has 0 fully saturated rings. The van der Waals surface area contributed by atoms with E-state index in [1.54, 1.807) is 20.2 Å². The van der Waals surface area contributed by atoms with Crippen LogP contribution in [0.15, 0.2) is 17.6 Å². The molecule has 0 saturated heterocycles. The molecule has 0 bridgehead atoms. The van der Waals surface area contributed by atoms with E-state index in [-0.39, 0.29) is 36.4 Å². The molecule has 1 aromatic rings. The molecule has 0 spiro atoms. The molecular weight excluding hydrogens is 431 g/mol. The van der Waals surface area contributed by atoms with E-state index in [4.69, 9.17) is 0 Å². The van der Waals surface area contributed by atoms with Crippen molar-refractivity contribution < 1.29 is 4.79 Å². The van der Waals surface area contributed by atoms with Gasteiger partial charge in [-0.1, -0.05) is 6.08 Å². The van der Waals surface area contributed by atoms with Crippen molar-refractivity contribution in [3.63, 3.8) is 0 Å². The highest BCUT2D eigenvalue weighted by Crippen LogP contribution is 2.13. The zero-order valence-electron chi connectivity index (χ0n) is 15.9. The molecule has 0 atom stereocenters. The van der Waals surface area contributed by atoms with Gasteiger partial charge in [0.15, 0.2) is 5.96 Å². The van der Waals surface area contributed by atoms with Gasteiger partial charge in [0.05, 0.1) is 5.69 Å². The summed E-state index contributed by atoms with van der Waals surface area (Å²) in [7, 11) is 5.41. The van der Waals surface area contributed by atoms with Crippen LogP contribution in [-0.2, 0) is 18.3 Å². The quantitative estimate of drug-likeness (QED) is 0.201. The number of guanidine groups is 1. The van der Waals surface area contributed by atoms with Crippen molar-refractivity contribution in [2.75, 3.05) is 33.7 Å². The van der Waals surface area contributed by atoms with Crippen molar-refractivity contribution in [1.29, 1.82) is 0 Å². The maximum Gasteiger partial charge on any atom is 0.243 e. The normalized spacial score (nSPS) is 10.8. The molecule has 0 saturated carbocycles. The number of nitrogens with one attached hydrogen (secondary N) is 2. The Morgan fingerprint density at radius 1 is 1.36 bits per heavy atom. The third-order valence-electron chi connectivity index (χ3n) is 3.84. The zero-order chi connectivity index (χ0) is 18.1. The number of carbonyl (C=O) groups excluding carboxylic acids is 1. The van der Waals surface area contributed by atoms with Gasteiger partial charge in [0.25, 0.3) is 0 Å². The van der Waals surface area contributed by atoms with E-state index in [0.29, 0.717) is 12.5 Å². The summed E-state index contributed by atoms with van der Waals surface area (Å²) in [5.74, 6) is 0.598. The third kappa shape index (κ3) is 7.89.